The zero-order valence-corrected chi connectivity index (χ0v) is 29.4. The molecule has 52 heavy (non-hydrogen) atoms. The Morgan fingerprint density at radius 1 is 0.865 bits per heavy atom. The first-order valence-corrected chi connectivity index (χ1v) is 16.5. The van der Waals surface area contributed by atoms with E-state index >= 15 is 0 Å². The molecule has 2 aliphatic heterocycles. The SMILES string of the molecule is COC(=O)c1nc(NC(=O)c2cc(NC(=O)c3cc(NC(=O)CCCOc4cc5c(cc4OC)C(=O)N4CCC[C@H]4C=N5)cn3C)cn2C)cn1C. The smallest absolute Gasteiger partial charge is 0.374 e. The van der Waals surface area contributed by atoms with Crippen molar-refractivity contribution in [3.8, 4) is 11.5 Å². The van der Waals surface area contributed by atoms with Gasteiger partial charge in [0.1, 0.15) is 11.4 Å². The van der Waals surface area contributed by atoms with E-state index < -0.39 is 17.8 Å². The number of fused-ring (bicyclic) bond motifs is 2. The summed E-state index contributed by atoms with van der Waals surface area (Å²) in [5, 5.41) is 8.21. The third-order valence-electron chi connectivity index (χ3n) is 8.77. The van der Waals surface area contributed by atoms with E-state index in [0.29, 0.717) is 47.1 Å². The van der Waals surface area contributed by atoms with Crippen molar-refractivity contribution in [3.05, 3.63) is 65.6 Å². The normalized spacial score (nSPS) is 14.7. The number of hydrogen-bond acceptors (Lipinski definition) is 10. The van der Waals surface area contributed by atoms with Crippen LogP contribution < -0.4 is 25.4 Å². The molecular weight excluding hydrogens is 674 g/mol. The van der Waals surface area contributed by atoms with Crippen molar-refractivity contribution < 1.29 is 38.2 Å². The second-order valence-corrected chi connectivity index (χ2v) is 12.4. The molecule has 0 unspecified atom stereocenters. The van der Waals surface area contributed by atoms with Gasteiger partial charge >= 0.3 is 5.97 Å². The Labute approximate surface area is 298 Å². The quantitative estimate of drug-likeness (QED) is 0.146. The second kappa shape index (κ2) is 14.8. The number of imidazole rings is 1. The minimum atomic E-state index is -0.643. The minimum Gasteiger partial charge on any atom is -0.493 e. The summed E-state index contributed by atoms with van der Waals surface area (Å²) in [6, 6.07) is 6.39. The van der Waals surface area contributed by atoms with Crippen LogP contribution in [0.15, 0.2) is 47.8 Å². The molecule has 4 aromatic rings. The highest BCUT2D eigenvalue weighted by Crippen LogP contribution is 2.38. The predicted octanol–water partition coefficient (Wildman–Crippen LogP) is 3.52. The number of amides is 4. The molecule has 6 rings (SSSR count). The zero-order valence-electron chi connectivity index (χ0n) is 29.4. The number of aromatic nitrogens is 4. The van der Waals surface area contributed by atoms with Crippen molar-refractivity contribution in [2.45, 2.75) is 31.7 Å². The van der Waals surface area contributed by atoms with E-state index in [9.17, 15) is 24.0 Å². The molecule has 0 aliphatic carbocycles. The summed E-state index contributed by atoms with van der Waals surface area (Å²) in [5.41, 5.74) is 2.29. The van der Waals surface area contributed by atoms with Gasteiger partial charge in [-0.2, -0.15) is 0 Å². The molecule has 0 bridgehead atoms. The maximum Gasteiger partial charge on any atom is 0.374 e. The summed E-state index contributed by atoms with van der Waals surface area (Å²) < 4.78 is 20.7. The Hall–Kier alpha value is -6.39. The maximum absolute atomic E-state index is 13.2. The molecule has 3 N–H and O–H groups in total. The average Bonchev–Trinajstić information content (AvgIpc) is 3.90. The Bertz CT molecular complexity index is 2090. The van der Waals surface area contributed by atoms with E-state index in [2.05, 4.69) is 30.7 Å². The third-order valence-corrected chi connectivity index (χ3v) is 8.77. The number of benzene rings is 1. The molecule has 1 aromatic carbocycles. The van der Waals surface area contributed by atoms with Crippen LogP contribution in [0.3, 0.4) is 0 Å². The minimum absolute atomic E-state index is 0.00773. The largest absolute Gasteiger partial charge is 0.493 e. The first-order chi connectivity index (χ1) is 24.9. The lowest BCUT2D eigenvalue weighted by atomic mass is 10.1. The highest BCUT2D eigenvalue weighted by Gasteiger charge is 2.32. The van der Waals surface area contributed by atoms with E-state index in [1.807, 2.05) is 11.1 Å². The molecule has 17 nitrogen and oxygen atoms in total. The molecule has 1 atom stereocenters. The summed E-state index contributed by atoms with van der Waals surface area (Å²) >= 11 is 0. The molecule has 4 amide bonds. The van der Waals surface area contributed by atoms with E-state index in [4.69, 9.17) is 9.47 Å². The molecule has 17 heteroatoms. The first kappa shape index (κ1) is 35.4. The van der Waals surface area contributed by atoms with Gasteiger partial charge in [-0.25, -0.2) is 9.78 Å². The molecule has 2 aliphatic rings. The molecule has 1 fully saturated rings. The van der Waals surface area contributed by atoms with Crippen molar-refractivity contribution in [2.24, 2.45) is 26.1 Å². The van der Waals surface area contributed by atoms with Crippen LogP contribution in [0.25, 0.3) is 0 Å². The number of aliphatic imine (C=N–C) groups is 1. The van der Waals surface area contributed by atoms with Crippen molar-refractivity contribution in [1.29, 1.82) is 0 Å². The molecule has 0 saturated carbocycles. The molecule has 0 radical (unpaired) electrons. The molecule has 272 valence electrons. The van der Waals surface area contributed by atoms with Crippen LogP contribution in [-0.2, 0) is 30.7 Å². The fraction of sp³-hybridized carbons (Fsp3) is 0.343. The van der Waals surface area contributed by atoms with E-state index in [0.717, 1.165) is 12.8 Å². The Balaban J connectivity index is 1.00. The van der Waals surface area contributed by atoms with Gasteiger partial charge in [0.15, 0.2) is 17.3 Å². The summed E-state index contributed by atoms with van der Waals surface area (Å²) in [6.45, 7) is 0.911. The van der Waals surface area contributed by atoms with E-state index in [1.54, 1.807) is 56.3 Å². The number of rotatable bonds is 12. The lowest BCUT2D eigenvalue weighted by Crippen LogP contribution is -2.35. The topological polar surface area (TPSA) is 192 Å². The highest BCUT2D eigenvalue weighted by atomic mass is 16.5. The standard InChI is InChI=1S/C35H39N9O8/c1-41-17-20(12-25(41)32(46)38-21-13-26(42(2)18-21)33(47)40-29-19-43(3)31(39-29)35(49)51-5)37-30(45)9-7-11-52-28-15-24-23(14-27(28)50-4)34(48)44-10-6-8-22(44)16-36-24/h12-19,22H,6-11H2,1-5H3,(H,37,45)(H,38,46)(H,40,47)/t22-/m0/s1. The van der Waals surface area contributed by atoms with Crippen LogP contribution in [0.5, 0.6) is 11.5 Å². The number of methoxy groups -OCH3 is 2. The van der Waals surface area contributed by atoms with Gasteiger partial charge in [0, 0.05) is 65.0 Å². The summed E-state index contributed by atoms with van der Waals surface area (Å²) in [4.78, 5) is 74.3. The van der Waals surface area contributed by atoms with Gasteiger partial charge in [-0.05, 0) is 37.5 Å². The van der Waals surface area contributed by atoms with Crippen molar-refractivity contribution >= 4 is 58.7 Å². The van der Waals surface area contributed by atoms with Gasteiger partial charge in [-0.15, -0.1) is 0 Å². The number of carbonyl (C=O) groups excluding carboxylic acids is 5. The average molecular weight is 714 g/mol. The second-order valence-electron chi connectivity index (χ2n) is 12.4. The van der Waals surface area contributed by atoms with Crippen LogP contribution in [-0.4, -0.2) is 92.8 Å². The zero-order chi connectivity index (χ0) is 37.1. The van der Waals surface area contributed by atoms with Crippen LogP contribution in [0.4, 0.5) is 22.9 Å². The Morgan fingerprint density at radius 2 is 1.56 bits per heavy atom. The van der Waals surface area contributed by atoms with Gasteiger partial charge < -0.3 is 48.8 Å². The van der Waals surface area contributed by atoms with Gasteiger partial charge in [0.25, 0.3) is 17.7 Å². The van der Waals surface area contributed by atoms with Crippen molar-refractivity contribution in [1.82, 2.24) is 23.6 Å². The number of aryl methyl sites for hydroxylation is 3. The Morgan fingerprint density at radius 3 is 2.25 bits per heavy atom. The summed E-state index contributed by atoms with van der Waals surface area (Å²) in [7, 11) is 7.66. The number of hydrogen-bond donors (Lipinski definition) is 3. The lowest BCUT2D eigenvalue weighted by molar-refractivity contribution is -0.116. The number of ether oxygens (including phenoxy) is 3. The molecular formula is C35H39N9O8. The van der Waals surface area contributed by atoms with Gasteiger partial charge in [0.2, 0.25) is 11.7 Å². The monoisotopic (exact) mass is 713 g/mol. The molecule has 5 heterocycles. The van der Waals surface area contributed by atoms with Gasteiger partial charge in [-0.3, -0.25) is 24.2 Å². The number of anilines is 3. The maximum atomic E-state index is 13.2. The van der Waals surface area contributed by atoms with Crippen molar-refractivity contribution in [2.75, 3.05) is 43.3 Å². The number of esters is 1. The number of carbonyl (C=O) groups is 5. The molecule has 0 spiro atoms. The van der Waals surface area contributed by atoms with Crippen molar-refractivity contribution in [3.63, 3.8) is 0 Å². The van der Waals surface area contributed by atoms with Crippen LogP contribution in [0, 0.1) is 0 Å². The van der Waals surface area contributed by atoms with Gasteiger partial charge in [-0.1, -0.05) is 0 Å². The van der Waals surface area contributed by atoms with E-state index in [-0.39, 0.29) is 53.9 Å². The van der Waals surface area contributed by atoms with Crippen LogP contribution >= 0.6 is 0 Å². The van der Waals surface area contributed by atoms with Crippen LogP contribution in [0.2, 0.25) is 0 Å². The fourth-order valence-corrected chi connectivity index (χ4v) is 6.16. The third kappa shape index (κ3) is 7.38. The highest BCUT2D eigenvalue weighted by molar-refractivity contribution is 6.07. The van der Waals surface area contributed by atoms with Crippen LogP contribution in [0.1, 0.15) is 67.6 Å². The van der Waals surface area contributed by atoms with E-state index in [1.165, 1.54) is 35.6 Å². The number of nitrogens with zero attached hydrogens (tertiary/aromatic N) is 6. The first-order valence-electron chi connectivity index (χ1n) is 16.5. The fourth-order valence-electron chi connectivity index (χ4n) is 6.16. The summed E-state index contributed by atoms with van der Waals surface area (Å²) in [6.07, 6.45) is 8.86. The molecule has 3 aromatic heterocycles. The number of nitrogens with one attached hydrogen (secondary N) is 3. The summed E-state index contributed by atoms with van der Waals surface area (Å²) in [5.74, 6) is -0.921. The lowest BCUT2D eigenvalue weighted by Gasteiger charge is -2.20. The predicted molar refractivity (Wildman–Crippen MR) is 190 cm³/mol. The molecule has 1 saturated heterocycles. The Kier molecular flexibility index (Phi) is 10.1. The van der Waals surface area contributed by atoms with Gasteiger partial charge in [0.05, 0.1) is 49.5 Å².